The molecule has 15 nitrogen and oxygen atoms in total. The molecule has 2 aromatic carbocycles. The lowest BCUT2D eigenvalue weighted by Crippen LogP contribution is -2.38. The number of ether oxygens (including phenoxy) is 2. The zero-order chi connectivity index (χ0) is 31.2. The van der Waals surface area contributed by atoms with Crippen LogP contribution in [0, 0.1) is 0 Å². The quantitative estimate of drug-likeness (QED) is 0.106. The summed E-state index contributed by atoms with van der Waals surface area (Å²) in [5, 5.41) is 21.7. The van der Waals surface area contributed by atoms with Crippen LogP contribution in [0.25, 0.3) is 16.5 Å². The minimum atomic E-state index is -5.11. The minimum absolute atomic E-state index is 0.0731. The Hall–Kier alpha value is -3.15. The summed E-state index contributed by atoms with van der Waals surface area (Å²) >= 11 is 4.53. The molecule has 6 rings (SSSR count). The van der Waals surface area contributed by atoms with Crippen molar-refractivity contribution in [1.82, 2.24) is 24.3 Å². The molecule has 5 N–H and O–H groups in total. The molecule has 0 radical (unpaired) electrons. The number of nitrogens with two attached hydrogens (primary N) is 1. The molecule has 1 unspecified atom stereocenters. The highest BCUT2D eigenvalue weighted by Gasteiger charge is 2.49. The van der Waals surface area contributed by atoms with E-state index >= 15 is 0 Å². The Balaban J connectivity index is 1.15. The van der Waals surface area contributed by atoms with Crippen LogP contribution < -0.4 is 11.4 Å². The fraction of sp³-hybridized carbons (Fsp3) is 0.346. The first-order chi connectivity index (χ1) is 21.0. The molecule has 1 aliphatic carbocycles. The van der Waals surface area contributed by atoms with E-state index in [4.69, 9.17) is 19.7 Å². The molecule has 0 amide bonds. The van der Waals surface area contributed by atoms with Crippen LogP contribution in [0.5, 0.6) is 0 Å². The van der Waals surface area contributed by atoms with E-state index in [9.17, 15) is 29.0 Å². The smallest absolute Gasteiger partial charge is 0.462 e. The Kier molecular flexibility index (Phi) is 8.65. The number of thioether (sulfide) groups is 1. The lowest BCUT2D eigenvalue weighted by Gasteiger charge is -2.20. The monoisotopic (exact) mass is 708 g/mol. The second kappa shape index (κ2) is 12.3. The molecule has 0 spiro atoms. The zero-order valence-corrected chi connectivity index (χ0v) is 26.0. The maximum atomic E-state index is 12.8. The second-order valence-corrected chi connectivity index (χ2v) is 13.1. The third-order valence-electron chi connectivity index (χ3n) is 7.21. The topological polar surface area (TPSA) is 214 Å². The summed E-state index contributed by atoms with van der Waals surface area (Å²) in [5.74, 6) is -0.431. The highest BCUT2D eigenvalue weighted by molar-refractivity contribution is 9.10. The number of benzene rings is 2. The molecular weight excluding hydrogens is 683 g/mol. The molecule has 1 saturated carbocycles. The van der Waals surface area contributed by atoms with Crippen molar-refractivity contribution in [1.29, 1.82) is 0 Å². The van der Waals surface area contributed by atoms with Crippen molar-refractivity contribution < 1.29 is 38.3 Å². The number of esters is 1. The molecule has 1 saturated heterocycles. The number of rotatable bonds is 10. The summed E-state index contributed by atoms with van der Waals surface area (Å²) < 4.78 is 30.4. The van der Waals surface area contributed by atoms with Crippen LogP contribution in [-0.2, 0) is 23.4 Å². The molecule has 4 aromatic rings. The number of carbonyl (C=O) groups excluding carboxylic acids is 1. The number of aliphatic hydroxyl groups excluding tert-OH is 1. The van der Waals surface area contributed by atoms with Gasteiger partial charge in [-0.3, -0.25) is 18.5 Å². The molecular formula is C26H26BrN6O9PS. The van der Waals surface area contributed by atoms with E-state index in [-0.39, 0.29) is 11.6 Å². The van der Waals surface area contributed by atoms with E-state index in [1.165, 1.54) is 17.8 Å². The number of anilines is 1. The Morgan fingerprint density at radius 3 is 2.61 bits per heavy atom. The Labute approximate surface area is 261 Å². The Morgan fingerprint density at radius 2 is 1.91 bits per heavy atom. The van der Waals surface area contributed by atoms with E-state index in [1.807, 2.05) is 24.3 Å². The van der Waals surface area contributed by atoms with Gasteiger partial charge in [0, 0.05) is 11.6 Å². The molecule has 44 heavy (non-hydrogen) atoms. The Bertz CT molecular complexity index is 1830. The van der Waals surface area contributed by atoms with E-state index in [1.54, 1.807) is 4.57 Å². The van der Waals surface area contributed by atoms with Crippen molar-refractivity contribution in [2.75, 3.05) is 18.1 Å². The summed E-state index contributed by atoms with van der Waals surface area (Å²) in [6.07, 6.45) is -2.61. The van der Waals surface area contributed by atoms with Gasteiger partial charge in [-0.1, -0.05) is 42.1 Å². The number of nitrogen functional groups attached to an aromatic ring is 1. The van der Waals surface area contributed by atoms with Gasteiger partial charge in [-0.05, 0) is 57.8 Å². The van der Waals surface area contributed by atoms with Gasteiger partial charge in [0.15, 0.2) is 11.4 Å². The van der Waals surface area contributed by atoms with Gasteiger partial charge < -0.3 is 30.1 Å². The van der Waals surface area contributed by atoms with Crippen molar-refractivity contribution >= 4 is 58.1 Å². The van der Waals surface area contributed by atoms with Gasteiger partial charge in [-0.2, -0.15) is 4.98 Å². The molecule has 0 bridgehead atoms. The number of hydrogen-bond donors (Lipinski definition) is 4. The van der Waals surface area contributed by atoms with Crippen molar-refractivity contribution in [3.05, 3.63) is 69.4 Å². The first-order valence-electron chi connectivity index (χ1n) is 13.3. The summed E-state index contributed by atoms with van der Waals surface area (Å²) in [4.78, 5) is 47.4. The van der Waals surface area contributed by atoms with Crippen molar-refractivity contribution in [2.45, 2.75) is 48.5 Å². The highest BCUT2D eigenvalue weighted by Crippen LogP contribution is 2.45. The molecule has 18 heteroatoms. The molecule has 1 aliphatic heterocycles. The largest absolute Gasteiger partial charge is 0.470 e. The molecule has 2 aromatic heterocycles. The van der Waals surface area contributed by atoms with E-state index in [0.717, 1.165) is 45.6 Å². The summed E-state index contributed by atoms with van der Waals surface area (Å²) in [7, 11) is -5.11. The van der Waals surface area contributed by atoms with Gasteiger partial charge in [0.1, 0.15) is 30.7 Å². The molecule has 2 fully saturated rings. The SMILES string of the molecule is Nc1ccn([C@@H]2O[C@H](COC(=O)CSc3nnc(Br)n3-c3ccc(C4CC4)c4ccccc34)C(OP(=O)(O)O)[C@@H]2O)c(=O)n1. The predicted octanol–water partition coefficient (Wildman–Crippen LogP) is 2.27. The highest BCUT2D eigenvalue weighted by atomic mass is 79.9. The predicted molar refractivity (Wildman–Crippen MR) is 160 cm³/mol. The van der Waals surface area contributed by atoms with Crippen molar-refractivity contribution in [3.8, 4) is 5.69 Å². The van der Waals surface area contributed by atoms with Gasteiger partial charge in [0.25, 0.3) is 0 Å². The second-order valence-electron chi connectivity index (χ2n) is 10.2. The first-order valence-corrected chi connectivity index (χ1v) is 16.6. The fourth-order valence-electron chi connectivity index (χ4n) is 5.13. The van der Waals surface area contributed by atoms with Crippen LogP contribution in [0.15, 0.2) is 63.3 Å². The van der Waals surface area contributed by atoms with Gasteiger partial charge in [-0.25, -0.2) is 9.36 Å². The third-order valence-corrected chi connectivity index (χ3v) is 9.14. The fourth-order valence-corrected chi connectivity index (χ4v) is 7.01. The Morgan fingerprint density at radius 1 is 1.16 bits per heavy atom. The van der Waals surface area contributed by atoms with Crippen molar-refractivity contribution in [3.63, 3.8) is 0 Å². The number of aromatic nitrogens is 5. The zero-order valence-electron chi connectivity index (χ0n) is 22.7. The van der Waals surface area contributed by atoms with Crippen LogP contribution >= 0.6 is 35.5 Å². The normalized spacial score (nSPS) is 22.0. The maximum Gasteiger partial charge on any atom is 0.470 e. The molecule has 232 valence electrons. The van der Waals surface area contributed by atoms with Gasteiger partial charge in [0.2, 0.25) is 4.73 Å². The summed E-state index contributed by atoms with van der Waals surface area (Å²) in [5.41, 5.74) is 6.77. The van der Waals surface area contributed by atoms with E-state index < -0.39 is 50.6 Å². The van der Waals surface area contributed by atoms with Crippen LogP contribution in [-0.4, -0.2) is 75.8 Å². The van der Waals surface area contributed by atoms with Gasteiger partial charge in [-0.15, -0.1) is 10.2 Å². The number of phosphoric ester groups is 1. The summed E-state index contributed by atoms with van der Waals surface area (Å²) in [6, 6.07) is 13.5. The van der Waals surface area contributed by atoms with Crippen LogP contribution in [0.4, 0.5) is 5.82 Å². The molecule has 3 heterocycles. The van der Waals surface area contributed by atoms with Gasteiger partial charge in [0.05, 0.1) is 11.4 Å². The number of fused-ring (bicyclic) bond motifs is 1. The first kappa shape index (κ1) is 30.9. The lowest BCUT2D eigenvalue weighted by atomic mass is 9.99. The molecule has 4 atom stereocenters. The average Bonchev–Trinajstić information content (AvgIpc) is 3.70. The maximum absolute atomic E-state index is 12.8. The number of nitrogens with zero attached hydrogens (tertiary/aromatic N) is 5. The number of aliphatic hydroxyl groups is 1. The average molecular weight is 709 g/mol. The van der Waals surface area contributed by atoms with E-state index in [2.05, 4.69) is 43.2 Å². The molecule has 2 aliphatic rings. The number of carbonyl (C=O) groups is 1. The van der Waals surface area contributed by atoms with Gasteiger partial charge >= 0.3 is 19.5 Å². The minimum Gasteiger partial charge on any atom is -0.462 e. The number of phosphoric acid groups is 1. The summed E-state index contributed by atoms with van der Waals surface area (Å²) in [6.45, 7) is -0.543. The van der Waals surface area contributed by atoms with Crippen LogP contribution in [0.3, 0.4) is 0 Å². The van der Waals surface area contributed by atoms with Crippen LogP contribution in [0.2, 0.25) is 0 Å². The standard InChI is InChI=1S/C26H26BrN6O9PS/c27-24-30-31-26(33(24)17-8-7-14(13-5-6-13)15-3-1-2-4-16(15)17)44-12-20(34)40-11-18-22(42-43(37,38)39)21(35)23(41-18)32-10-9-19(28)29-25(32)36/h1-4,7-10,13,18,21-23,35H,5-6,11-12H2,(H2,28,29,36)(H2,37,38,39)/t18-,21+,22?,23-/m1/s1. The number of halogens is 1. The lowest BCUT2D eigenvalue weighted by molar-refractivity contribution is -0.146. The van der Waals surface area contributed by atoms with E-state index in [0.29, 0.717) is 15.8 Å². The third kappa shape index (κ3) is 6.46. The van der Waals surface area contributed by atoms with Crippen molar-refractivity contribution in [2.24, 2.45) is 0 Å². The number of hydrogen-bond acceptors (Lipinski definition) is 12. The van der Waals surface area contributed by atoms with Crippen LogP contribution in [0.1, 0.15) is 30.6 Å².